The molecule has 0 bridgehead atoms. The Morgan fingerprint density at radius 1 is 0.519 bits per heavy atom. The Labute approximate surface area is 339 Å². The molecule has 0 aliphatic carbocycles. The molecule has 8 aromatic carbocycles. The van der Waals surface area contributed by atoms with E-state index in [9.17, 15) is 0 Å². The van der Waals surface area contributed by atoms with Crippen LogP contribution in [0, 0.1) is 27.7 Å². The third-order valence-electron chi connectivity index (χ3n) is 9.33. The molecule has 3 heteroatoms. The summed E-state index contributed by atoms with van der Waals surface area (Å²) < 4.78 is 3.37. The van der Waals surface area contributed by atoms with Crippen molar-refractivity contribution in [3.05, 3.63) is 193 Å². The molecule has 0 saturated heterocycles. The van der Waals surface area contributed by atoms with E-state index < -0.39 is 18.9 Å². The first-order chi connectivity index (χ1) is 25.5. The summed E-state index contributed by atoms with van der Waals surface area (Å²) in [4.78, 5) is 0. The van der Waals surface area contributed by atoms with Gasteiger partial charge in [-0.15, -0.1) is 74.8 Å². The van der Waals surface area contributed by atoms with Crippen molar-refractivity contribution in [1.82, 2.24) is 0 Å². The largest absolute Gasteiger partial charge is 0.214 e. The van der Waals surface area contributed by atoms with Crippen LogP contribution in [0.3, 0.4) is 0 Å². The third-order valence-corrected chi connectivity index (χ3v) is 9.33. The third kappa shape index (κ3) is 11.8. The summed E-state index contributed by atoms with van der Waals surface area (Å²) in [5.74, 6) is 0. The summed E-state index contributed by atoms with van der Waals surface area (Å²) >= 11 is -1.85. The van der Waals surface area contributed by atoms with E-state index in [1.807, 2.05) is 78.9 Å². The molecule has 8 aromatic rings. The van der Waals surface area contributed by atoms with E-state index in [1.54, 1.807) is 0 Å². The fourth-order valence-corrected chi connectivity index (χ4v) is 6.86. The Balaban J connectivity index is 0.000000174. The van der Waals surface area contributed by atoms with Gasteiger partial charge in [0.2, 0.25) is 0 Å². The van der Waals surface area contributed by atoms with Crippen LogP contribution in [-0.4, -0.2) is 4.21 Å². The molecule has 0 nitrogen and oxygen atoms in total. The second-order valence-corrected chi connectivity index (χ2v) is 23.9. The molecule has 0 atom stereocenters. The molecule has 54 heavy (non-hydrogen) atoms. The standard InChI is InChI=1S/C23H29.2C11H9.C5H5.CH2.2ClH.Zr/c1-14-9-16-11-17-10-15(2)21(23(6,7)8)13-19(17)18(16)12-20(14)22(3,4)5;2*1-9-5-4-7-10-6-2-3-8-11(9)10;1-2-4-5-3-1;;;;/h9-13H,1-8H3;2*2-8H,1H2;1-5H;1H2;2*1H;/q4*-1;;;;+2/p-2. The molecule has 0 unspecified atom stereocenters. The summed E-state index contributed by atoms with van der Waals surface area (Å²) in [6.07, 6.45) is 0. The average Bonchev–Trinajstić information content (AvgIpc) is 3.79. The fraction of sp³-hybridized carbons (Fsp3) is 0.196. The van der Waals surface area contributed by atoms with Crippen molar-refractivity contribution in [2.75, 3.05) is 0 Å². The number of hydrogen-bond donors (Lipinski definition) is 0. The molecule has 0 radical (unpaired) electrons. The van der Waals surface area contributed by atoms with Crippen molar-refractivity contribution in [3.63, 3.8) is 0 Å². The van der Waals surface area contributed by atoms with Gasteiger partial charge in [0, 0.05) is 0 Å². The van der Waals surface area contributed by atoms with Crippen LogP contribution in [0.25, 0.3) is 43.1 Å². The molecule has 0 aliphatic rings. The number of benzene rings is 6. The number of rotatable bonds is 0. The zero-order valence-corrected chi connectivity index (χ0v) is 37.2. The first kappa shape index (κ1) is 42.9. The van der Waals surface area contributed by atoms with Gasteiger partial charge < -0.3 is 0 Å². The molecular weight excluding hydrogens is 775 g/mol. The van der Waals surface area contributed by atoms with Gasteiger partial charge in [0.15, 0.2) is 0 Å². The van der Waals surface area contributed by atoms with Crippen molar-refractivity contribution in [3.8, 4) is 0 Å². The zero-order chi connectivity index (χ0) is 39.6. The summed E-state index contributed by atoms with van der Waals surface area (Å²) in [5, 5.41) is 10.6. The van der Waals surface area contributed by atoms with Crippen molar-refractivity contribution in [1.29, 1.82) is 0 Å². The Kier molecular flexibility index (Phi) is 15.2. The molecule has 0 spiro atoms. The second-order valence-electron chi connectivity index (χ2n) is 15.7. The van der Waals surface area contributed by atoms with Crippen LogP contribution in [-0.2, 0) is 29.7 Å². The van der Waals surface area contributed by atoms with Crippen molar-refractivity contribution in [2.24, 2.45) is 0 Å². The zero-order valence-electron chi connectivity index (χ0n) is 33.2. The van der Waals surface area contributed by atoms with Crippen LogP contribution in [0.1, 0.15) is 74.9 Å². The SMILES string of the molecule is Cc1cc2[cH-]c3cc(C)c(C(C)(C)C)cc3c2cc1C(C)(C)C.[CH2-]c1cccc2ccccc12.[CH2-]c1cccc2ccccc12.[CH2]=[Zr]([Cl])[Cl].c1cc[cH-]c1. The number of aryl methyl sites for hydroxylation is 2. The summed E-state index contributed by atoms with van der Waals surface area (Å²) in [7, 11) is 10.3. The molecule has 280 valence electrons. The summed E-state index contributed by atoms with van der Waals surface area (Å²) in [6, 6.07) is 50.8. The van der Waals surface area contributed by atoms with Crippen LogP contribution in [0.4, 0.5) is 0 Å². The molecule has 0 aromatic heterocycles. The first-order valence-corrected chi connectivity index (χ1v) is 26.5. The molecule has 0 saturated carbocycles. The van der Waals surface area contributed by atoms with Crippen LogP contribution in [0.2, 0.25) is 0 Å². The number of halogens is 2. The van der Waals surface area contributed by atoms with Crippen molar-refractivity contribution in [2.45, 2.75) is 66.2 Å². The van der Waals surface area contributed by atoms with Gasteiger partial charge in [-0.05, 0) is 24.7 Å². The van der Waals surface area contributed by atoms with Crippen LogP contribution < -0.4 is 0 Å². The van der Waals surface area contributed by atoms with E-state index >= 15 is 0 Å². The van der Waals surface area contributed by atoms with Crippen LogP contribution in [0.5, 0.6) is 0 Å². The summed E-state index contributed by atoms with van der Waals surface area (Å²) in [5.41, 5.74) is 8.26. The van der Waals surface area contributed by atoms with Gasteiger partial charge in [-0.3, -0.25) is 0 Å². The fourth-order valence-electron chi connectivity index (χ4n) is 6.86. The molecule has 0 aliphatic heterocycles. The monoisotopic (exact) mass is 826 g/mol. The van der Waals surface area contributed by atoms with E-state index in [4.69, 9.17) is 17.0 Å². The van der Waals surface area contributed by atoms with Gasteiger partial charge >= 0.3 is 40.1 Å². The molecule has 8 rings (SSSR count). The van der Waals surface area contributed by atoms with Gasteiger partial charge in [-0.1, -0.05) is 135 Å². The van der Waals surface area contributed by atoms with Crippen molar-refractivity contribution < 1.29 is 18.9 Å². The van der Waals surface area contributed by atoms with Crippen LogP contribution in [0.15, 0.2) is 146 Å². The molecular formula is C51H54Cl2Zr-4. The maximum absolute atomic E-state index is 5.13. The Bertz CT molecular complexity index is 2250. The first-order valence-electron chi connectivity index (χ1n) is 18.4. The Morgan fingerprint density at radius 3 is 1.19 bits per heavy atom. The maximum atomic E-state index is 5.13. The molecule has 0 N–H and O–H groups in total. The van der Waals surface area contributed by atoms with Gasteiger partial charge in [0.1, 0.15) is 0 Å². The molecule has 0 amide bonds. The minimum Gasteiger partial charge on any atom is -0.214 e. The van der Waals surface area contributed by atoms with Gasteiger partial charge in [0.05, 0.1) is 0 Å². The topological polar surface area (TPSA) is 0 Å². The van der Waals surface area contributed by atoms with E-state index in [1.165, 1.54) is 65.3 Å². The second kappa shape index (κ2) is 19.1. The predicted molar refractivity (Wildman–Crippen MR) is 242 cm³/mol. The quantitative estimate of drug-likeness (QED) is 0.134. The smallest absolute Gasteiger partial charge is 0.172 e. The van der Waals surface area contributed by atoms with Gasteiger partial charge in [0.25, 0.3) is 0 Å². The van der Waals surface area contributed by atoms with Crippen molar-refractivity contribution >= 4 is 64.3 Å². The van der Waals surface area contributed by atoms with E-state index in [0.717, 1.165) is 11.1 Å². The van der Waals surface area contributed by atoms with Gasteiger partial charge in [-0.2, -0.15) is 55.3 Å². The minimum absolute atomic E-state index is 0.180. The molecule has 0 heterocycles. The number of hydrogen-bond acceptors (Lipinski definition) is 0. The molecule has 0 fully saturated rings. The Morgan fingerprint density at radius 2 is 0.870 bits per heavy atom. The summed E-state index contributed by atoms with van der Waals surface area (Å²) in [6.45, 7) is 26.2. The van der Waals surface area contributed by atoms with Gasteiger partial charge in [-0.25, -0.2) is 12.1 Å². The van der Waals surface area contributed by atoms with E-state index in [2.05, 4.69) is 140 Å². The van der Waals surface area contributed by atoms with Crippen LogP contribution >= 0.6 is 17.0 Å². The number of fused-ring (bicyclic) bond motifs is 5. The van der Waals surface area contributed by atoms with E-state index in [0.29, 0.717) is 0 Å². The average molecular weight is 829 g/mol. The van der Waals surface area contributed by atoms with E-state index in [-0.39, 0.29) is 10.8 Å². The maximum Gasteiger partial charge on any atom is -0.172 e. The normalized spacial score (nSPS) is 11.0. The minimum atomic E-state index is -1.85. The Hall–Kier alpha value is -3.87. The predicted octanol–water partition coefficient (Wildman–Crippen LogP) is 15.7.